The van der Waals surface area contributed by atoms with E-state index in [9.17, 15) is 18.8 Å². The number of nitrogens with one attached hydrogen (secondary N) is 2. The number of urea groups is 1. The standard InChI is InChI=1S/C20H24FN3O3S/c21-13-5-6-16-14(12-13)15(7-11-28-16)22-17(25)4-3-10-24-18(26)20(23-19(24)27)8-1-2-9-20/h5-6,12,15H,1-4,7-11H2,(H,22,25)(H,23,27)/t15-/m1/s1. The van der Waals surface area contributed by atoms with Gasteiger partial charge in [0.25, 0.3) is 5.91 Å². The second-order valence-corrected chi connectivity index (χ2v) is 8.86. The molecule has 4 amide bonds. The predicted octanol–water partition coefficient (Wildman–Crippen LogP) is 3.12. The van der Waals surface area contributed by atoms with E-state index >= 15 is 0 Å². The minimum absolute atomic E-state index is 0.144. The molecule has 4 rings (SSSR count). The van der Waals surface area contributed by atoms with Crippen molar-refractivity contribution in [3.8, 4) is 0 Å². The Bertz CT molecular complexity index is 810. The van der Waals surface area contributed by atoms with Crippen molar-refractivity contribution in [1.82, 2.24) is 15.5 Å². The van der Waals surface area contributed by atoms with E-state index in [-0.39, 0.29) is 42.7 Å². The molecule has 2 fully saturated rings. The molecule has 2 heterocycles. The zero-order chi connectivity index (χ0) is 19.7. The molecule has 2 aliphatic heterocycles. The second kappa shape index (κ2) is 7.73. The van der Waals surface area contributed by atoms with Crippen molar-refractivity contribution in [1.29, 1.82) is 0 Å². The lowest BCUT2D eigenvalue weighted by Gasteiger charge is -2.26. The van der Waals surface area contributed by atoms with Crippen LogP contribution in [0.4, 0.5) is 9.18 Å². The van der Waals surface area contributed by atoms with Crippen LogP contribution in [0, 0.1) is 5.82 Å². The summed E-state index contributed by atoms with van der Waals surface area (Å²) in [5.74, 6) is 0.271. The first-order valence-electron chi connectivity index (χ1n) is 9.84. The van der Waals surface area contributed by atoms with E-state index < -0.39 is 5.54 Å². The minimum Gasteiger partial charge on any atom is -0.349 e. The summed E-state index contributed by atoms with van der Waals surface area (Å²) < 4.78 is 13.6. The summed E-state index contributed by atoms with van der Waals surface area (Å²) in [5.41, 5.74) is 0.120. The molecular formula is C20H24FN3O3S. The summed E-state index contributed by atoms with van der Waals surface area (Å²) in [4.78, 5) is 39.4. The molecule has 3 aliphatic rings. The van der Waals surface area contributed by atoms with E-state index in [1.165, 1.54) is 17.0 Å². The highest BCUT2D eigenvalue weighted by atomic mass is 32.2. The van der Waals surface area contributed by atoms with Gasteiger partial charge in [-0.15, -0.1) is 11.8 Å². The number of hydrogen-bond acceptors (Lipinski definition) is 4. The van der Waals surface area contributed by atoms with Crippen LogP contribution >= 0.6 is 11.8 Å². The highest BCUT2D eigenvalue weighted by Gasteiger charge is 2.52. The summed E-state index contributed by atoms with van der Waals surface area (Å²) >= 11 is 1.67. The zero-order valence-corrected chi connectivity index (χ0v) is 16.4. The molecule has 0 unspecified atom stereocenters. The van der Waals surface area contributed by atoms with Crippen LogP contribution in [-0.4, -0.2) is 40.6 Å². The van der Waals surface area contributed by atoms with Crippen molar-refractivity contribution < 1.29 is 18.8 Å². The van der Waals surface area contributed by atoms with Crippen LogP contribution in [0.25, 0.3) is 0 Å². The highest BCUT2D eigenvalue weighted by molar-refractivity contribution is 7.99. The van der Waals surface area contributed by atoms with E-state index in [0.29, 0.717) is 19.3 Å². The van der Waals surface area contributed by atoms with Gasteiger partial charge < -0.3 is 10.6 Å². The summed E-state index contributed by atoms with van der Waals surface area (Å²) in [6.07, 6.45) is 4.68. The quantitative estimate of drug-likeness (QED) is 0.738. The van der Waals surface area contributed by atoms with Gasteiger partial charge in [-0.05, 0) is 49.4 Å². The highest BCUT2D eigenvalue weighted by Crippen LogP contribution is 2.37. The molecule has 1 saturated carbocycles. The zero-order valence-electron chi connectivity index (χ0n) is 15.6. The van der Waals surface area contributed by atoms with Crippen molar-refractivity contribution in [2.24, 2.45) is 0 Å². The van der Waals surface area contributed by atoms with Gasteiger partial charge in [0.05, 0.1) is 6.04 Å². The van der Waals surface area contributed by atoms with Crippen LogP contribution in [0.3, 0.4) is 0 Å². The van der Waals surface area contributed by atoms with Gasteiger partial charge in [0, 0.05) is 23.6 Å². The van der Waals surface area contributed by atoms with Gasteiger partial charge in [-0.1, -0.05) is 12.8 Å². The molecule has 28 heavy (non-hydrogen) atoms. The molecule has 1 spiro atoms. The average Bonchev–Trinajstić information content (AvgIpc) is 3.22. The van der Waals surface area contributed by atoms with E-state index in [1.807, 2.05) is 0 Å². The van der Waals surface area contributed by atoms with Crippen LogP contribution in [0.15, 0.2) is 23.1 Å². The Kier molecular flexibility index (Phi) is 5.31. The summed E-state index contributed by atoms with van der Waals surface area (Å²) in [6.45, 7) is 0.242. The number of carbonyl (C=O) groups is 3. The minimum atomic E-state index is -0.701. The first kappa shape index (κ1) is 19.2. The van der Waals surface area contributed by atoms with E-state index in [2.05, 4.69) is 10.6 Å². The Morgan fingerprint density at radius 2 is 2.11 bits per heavy atom. The van der Waals surface area contributed by atoms with E-state index in [0.717, 1.165) is 35.5 Å². The number of hydrogen-bond donors (Lipinski definition) is 2. The number of imide groups is 1. The number of benzene rings is 1. The molecule has 0 aromatic heterocycles. The molecule has 0 radical (unpaired) electrons. The van der Waals surface area contributed by atoms with Crippen LogP contribution < -0.4 is 10.6 Å². The molecule has 1 atom stereocenters. The molecule has 1 aliphatic carbocycles. The summed E-state index contributed by atoms with van der Waals surface area (Å²) in [7, 11) is 0. The van der Waals surface area contributed by atoms with Crippen molar-refractivity contribution >= 4 is 29.6 Å². The number of fused-ring (bicyclic) bond motifs is 1. The molecule has 1 aromatic rings. The maximum absolute atomic E-state index is 13.6. The Morgan fingerprint density at radius 1 is 1.32 bits per heavy atom. The Morgan fingerprint density at radius 3 is 2.89 bits per heavy atom. The van der Waals surface area contributed by atoms with Gasteiger partial charge in [-0.3, -0.25) is 14.5 Å². The summed E-state index contributed by atoms with van der Waals surface area (Å²) in [6, 6.07) is 4.13. The first-order valence-corrected chi connectivity index (χ1v) is 10.8. The average molecular weight is 405 g/mol. The molecular weight excluding hydrogens is 381 g/mol. The third-order valence-corrected chi connectivity index (χ3v) is 6.96. The SMILES string of the molecule is O=C(CCCN1C(=O)NC2(CCCC2)C1=O)N[C@@H]1CCSc2ccc(F)cc21. The van der Waals surface area contributed by atoms with E-state index in [4.69, 9.17) is 0 Å². The maximum Gasteiger partial charge on any atom is 0.325 e. The van der Waals surface area contributed by atoms with Gasteiger partial charge in [0.15, 0.2) is 0 Å². The number of carbonyl (C=O) groups excluding carboxylic acids is 3. The topological polar surface area (TPSA) is 78.5 Å². The number of thioether (sulfide) groups is 1. The molecule has 1 saturated heterocycles. The third kappa shape index (κ3) is 3.62. The van der Waals surface area contributed by atoms with Crippen LogP contribution in [0.5, 0.6) is 0 Å². The first-order chi connectivity index (χ1) is 13.5. The molecule has 8 heteroatoms. The number of nitrogens with zero attached hydrogens (tertiary/aromatic N) is 1. The van der Waals surface area contributed by atoms with Crippen molar-refractivity contribution in [2.75, 3.05) is 12.3 Å². The lowest BCUT2D eigenvalue weighted by atomic mass is 9.98. The van der Waals surface area contributed by atoms with Crippen LogP contribution in [-0.2, 0) is 9.59 Å². The lowest BCUT2D eigenvalue weighted by molar-refractivity contribution is -0.131. The monoisotopic (exact) mass is 405 g/mol. The van der Waals surface area contributed by atoms with Gasteiger partial charge in [-0.25, -0.2) is 9.18 Å². The largest absolute Gasteiger partial charge is 0.349 e. The van der Waals surface area contributed by atoms with Crippen LogP contribution in [0.2, 0.25) is 0 Å². The lowest BCUT2D eigenvalue weighted by Crippen LogP contribution is -2.44. The molecule has 0 bridgehead atoms. The normalized spacial score (nSPS) is 23.0. The fraction of sp³-hybridized carbons (Fsp3) is 0.550. The number of halogens is 1. The predicted molar refractivity (Wildman–Crippen MR) is 103 cm³/mol. The number of rotatable bonds is 5. The number of amides is 4. The molecule has 1 aromatic carbocycles. The Balaban J connectivity index is 1.30. The van der Waals surface area contributed by atoms with Crippen molar-refractivity contribution in [2.45, 2.75) is 61.4 Å². The maximum atomic E-state index is 13.6. The van der Waals surface area contributed by atoms with Crippen molar-refractivity contribution in [3.63, 3.8) is 0 Å². The fourth-order valence-corrected chi connectivity index (χ4v) is 5.48. The summed E-state index contributed by atoms with van der Waals surface area (Å²) in [5, 5.41) is 5.82. The van der Waals surface area contributed by atoms with Gasteiger partial charge in [-0.2, -0.15) is 0 Å². The second-order valence-electron chi connectivity index (χ2n) is 7.72. The van der Waals surface area contributed by atoms with Crippen molar-refractivity contribution in [3.05, 3.63) is 29.6 Å². The van der Waals surface area contributed by atoms with Gasteiger partial charge >= 0.3 is 6.03 Å². The van der Waals surface area contributed by atoms with Crippen LogP contribution in [0.1, 0.15) is 56.6 Å². The Hall–Kier alpha value is -2.09. The van der Waals surface area contributed by atoms with Gasteiger partial charge in [0.2, 0.25) is 5.91 Å². The van der Waals surface area contributed by atoms with E-state index in [1.54, 1.807) is 17.8 Å². The Labute approximate surface area is 167 Å². The molecule has 2 N–H and O–H groups in total. The third-order valence-electron chi connectivity index (χ3n) is 5.84. The molecule has 150 valence electrons. The van der Waals surface area contributed by atoms with Gasteiger partial charge in [0.1, 0.15) is 11.4 Å². The molecule has 6 nitrogen and oxygen atoms in total. The fourth-order valence-electron chi connectivity index (χ4n) is 4.38. The smallest absolute Gasteiger partial charge is 0.325 e.